The van der Waals surface area contributed by atoms with Gasteiger partial charge in [-0.2, -0.15) is 0 Å². The number of nitrogens with two attached hydrogens (primary N) is 4. The van der Waals surface area contributed by atoms with Crippen molar-refractivity contribution >= 4 is 69.0 Å². The predicted octanol–water partition coefficient (Wildman–Crippen LogP) is 2.19. The van der Waals surface area contributed by atoms with Crippen LogP contribution in [0.4, 0.5) is 0 Å². The molecular formula is C46H61N11O7. The van der Waals surface area contributed by atoms with E-state index >= 15 is 0 Å². The second-order valence-corrected chi connectivity index (χ2v) is 16.0. The number of nitrogens with one attached hydrogen (secondary N) is 4. The normalized spacial score (nSPS) is 13.9. The summed E-state index contributed by atoms with van der Waals surface area (Å²) in [6.07, 6.45) is 2.96. The Kier molecular flexibility index (Phi) is 19.1. The van der Waals surface area contributed by atoms with Crippen LogP contribution in [-0.4, -0.2) is 87.9 Å². The van der Waals surface area contributed by atoms with Gasteiger partial charge in [0, 0.05) is 25.3 Å². The van der Waals surface area contributed by atoms with Gasteiger partial charge in [0.05, 0.1) is 23.3 Å². The molecule has 0 saturated heterocycles. The number of unbranched alkanes of at least 4 members (excludes halogenated alkanes) is 1. The molecule has 3 aromatic carbocycles. The maximum atomic E-state index is 14.4. The number of ketones is 1. The number of aliphatic imine (C=N–C) groups is 1. The van der Waals surface area contributed by atoms with Crippen LogP contribution in [0.15, 0.2) is 77.9 Å². The first-order valence-electron chi connectivity index (χ1n) is 21.7. The number of nitrogens with zero attached hydrogens (tertiary/aromatic N) is 3. The molecule has 6 atom stereocenters. The molecule has 12 N–H and O–H groups in total. The minimum atomic E-state index is -1.35. The van der Waals surface area contributed by atoms with Crippen LogP contribution in [0.1, 0.15) is 94.6 Å². The minimum absolute atomic E-state index is 0.0248. The average Bonchev–Trinajstić information content (AvgIpc) is 3.27. The smallest absolute Gasteiger partial charge is 0.272 e. The molecule has 18 heteroatoms. The highest BCUT2D eigenvalue weighted by molar-refractivity contribution is 5.99. The first-order valence-corrected chi connectivity index (χ1v) is 21.7. The average molecular weight is 880 g/mol. The maximum Gasteiger partial charge on any atom is 0.272 e. The number of Topliss-reactive ketones (excluding diaryl/α,β-unsaturated/α-hetero) is 1. The van der Waals surface area contributed by atoms with Crippen molar-refractivity contribution < 1.29 is 33.6 Å². The summed E-state index contributed by atoms with van der Waals surface area (Å²) >= 11 is 0. The molecule has 4 aromatic rings. The maximum absolute atomic E-state index is 14.4. The van der Waals surface area contributed by atoms with Gasteiger partial charge < -0.3 is 44.2 Å². The third-order valence-corrected chi connectivity index (χ3v) is 11.0. The summed E-state index contributed by atoms with van der Waals surface area (Å²) in [5.74, 6) is -6.23. The summed E-state index contributed by atoms with van der Waals surface area (Å²) in [5.41, 5.74) is 23.7. The molecule has 64 heavy (non-hydrogen) atoms. The molecule has 0 radical (unpaired) electrons. The van der Waals surface area contributed by atoms with E-state index in [1.165, 1.54) is 6.20 Å². The number of carbonyl (C=O) groups is 7. The number of para-hydroxylation sites is 2. The van der Waals surface area contributed by atoms with Gasteiger partial charge in [0.15, 0.2) is 11.7 Å². The number of primary amides is 2. The zero-order valence-electron chi connectivity index (χ0n) is 36.7. The summed E-state index contributed by atoms with van der Waals surface area (Å²) in [7, 11) is 0. The van der Waals surface area contributed by atoms with Gasteiger partial charge in [-0.25, -0.2) is 4.98 Å². The summed E-state index contributed by atoms with van der Waals surface area (Å²) in [5, 5.41) is 12.8. The molecule has 6 amide bonds. The Bertz CT molecular complexity index is 2320. The zero-order chi connectivity index (χ0) is 46.8. The number of aromatic nitrogens is 2. The second kappa shape index (κ2) is 24.6. The van der Waals surface area contributed by atoms with Crippen LogP contribution < -0.4 is 44.2 Å². The molecule has 4 rings (SSSR count). The van der Waals surface area contributed by atoms with E-state index in [0.717, 1.165) is 16.3 Å². The molecule has 0 bridgehead atoms. The zero-order valence-corrected chi connectivity index (χ0v) is 36.7. The fourth-order valence-electron chi connectivity index (χ4n) is 7.17. The Hall–Kier alpha value is -6.98. The Morgan fingerprint density at radius 1 is 0.703 bits per heavy atom. The monoisotopic (exact) mass is 879 g/mol. The molecular weight excluding hydrogens is 819 g/mol. The lowest BCUT2D eigenvalue weighted by molar-refractivity contribution is -0.135. The Morgan fingerprint density at radius 2 is 1.36 bits per heavy atom. The summed E-state index contributed by atoms with van der Waals surface area (Å²) < 4.78 is 0. The molecule has 1 unspecified atom stereocenters. The van der Waals surface area contributed by atoms with Crippen LogP contribution in [0.25, 0.3) is 21.8 Å². The predicted molar refractivity (Wildman–Crippen MR) is 244 cm³/mol. The summed E-state index contributed by atoms with van der Waals surface area (Å²) in [4.78, 5) is 107. The molecule has 0 fully saturated rings. The molecule has 342 valence electrons. The number of amides is 6. The van der Waals surface area contributed by atoms with Crippen molar-refractivity contribution in [2.24, 2.45) is 39.8 Å². The van der Waals surface area contributed by atoms with E-state index in [9.17, 15) is 33.6 Å². The summed E-state index contributed by atoms with van der Waals surface area (Å²) in [6.45, 7) is 5.80. The van der Waals surface area contributed by atoms with Crippen molar-refractivity contribution in [3.05, 3.63) is 84.2 Å². The number of benzene rings is 3. The molecule has 0 aliphatic carbocycles. The topological polar surface area (TPSA) is 310 Å². The molecule has 1 heterocycles. The van der Waals surface area contributed by atoms with Gasteiger partial charge >= 0.3 is 0 Å². The summed E-state index contributed by atoms with van der Waals surface area (Å²) in [6, 6.07) is 15.8. The second-order valence-electron chi connectivity index (χ2n) is 16.0. The van der Waals surface area contributed by atoms with Crippen molar-refractivity contribution in [2.45, 2.75) is 109 Å². The van der Waals surface area contributed by atoms with E-state index in [4.69, 9.17) is 22.9 Å². The number of carbonyl (C=O) groups excluding carboxylic acids is 7. The number of fused-ring (bicyclic) bond motifs is 2. The van der Waals surface area contributed by atoms with Gasteiger partial charge in [-0.05, 0) is 66.5 Å². The number of guanidine groups is 1. The lowest BCUT2D eigenvalue weighted by atomic mass is 9.88. The van der Waals surface area contributed by atoms with E-state index in [1.807, 2.05) is 69.3 Å². The van der Waals surface area contributed by atoms with Gasteiger partial charge in [-0.15, -0.1) is 0 Å². The van der Waals surface area contributed by atoms with Crippen molar-refractivity contribution in [3.8, 4) is 0 Å². The molecule has 0 aliphatic rings. The van der Waals surface area contributed by atoms with Gasteiger partial charge in [-0.3, -0.25) is 43.5 Å². The highest BCUT2D eigenvalue weighted by Crippen LogP contribution is 2.22. The molecule has 1 aromatic heterocycles. The van der Waals surface area contributed by atoms with Crippen molar-refractivity contribution in [1.29, 1.82) is 0 Å². The van der Waals surface area contributed by atoms with Crippen LogP contribution in [0, 0.1) is 11.8 Å². The fourth-order valence-corrected chi connectivity index (χ4v) is 7.17. The Balaban J connectivity index is 1.60. The third kappa shape index (κ3) is 15.1. The van der Waals surface area contributed by atoms with E-state index < -0.39 is 71.3 Å². The SMILES string of the molecule is CCCC[C@H](NC(=O)[C@@H](NC(=O)c1cnc2ccccc2n1)[C@@H](C)CC)C(=O)CC(Cc1ccc2ccccc2c1)C(=O)N[C@@H](CCC(N)=O)C(=O)N[C@@H](CCCN=C(N)N)C(N)=O. The third-order valence-electron chi connectivity index (χ3n) is 11.0. The fraction of sp³-hybridized carbons (Fsp3) is 0.435. The molecule has 0 aliphatic heterocycles. The minimum Gasteiger partial charge on any atom is -0.370 e. The van der Waals surface area contributed by atoms with Crippen LogP contribution in [-0.2, 0) is 35.2 Å². The quantitative estimate of drug-likeness (QED) is 0.0257. The van der Waals surface area contributed by atoms with Crippen LogP contribution >= 0.6 is 0 Å². The van der Waals surface area contributed by atoms with Gasteiger partial charge in [0.2, 0.25) is 29.5 Å². The lowest BCUT2D eigenvalue weighted by Gasteiger charge is -2.27. The van der Waals surface area contributed by atoms with Crippen molar-refractivity contribution in [1.82, 2.24) is 31.2 Å². The van der Waals surface area contributed by atoms with Crippen molar-refractivity contribution in [2.75, 3.05) is 6.54 Å². The van der Waals surface area contributed by atoms with E-state index in [1.54, 1.807) is 18.2 Å². The first-order chi connectivity index (χ1) is 30.6. The molecule has 0 spiro atoms. The molecule has 18 nitrogen and oxygen atoms in total. The number of rotatable bonds is 26. The Morgan fingerprint density at radius 3 is 2.03 bits per heavy atom. The molecule has 0 saturated carbocycles. The largest absolute Gasteiger partial charge is 0.370 e. The van der Waals surface area contributed by atoms with E-state index in [2.05, 4.69) is 36.2 Å². The number of hydrogen-bond acceptors (Lipinski definition) is 10. The Labute approximate surface area is 372 Å². The van der Waals surface area contributed by atoms with Crippen LogP contribution in [0.5, 0.6) is 0 Å². The van der Waals surface area contributed by atoms with Gasteiger partial charge in [0.1, 0.15) is 23.8 Å². The van der Waals surface area contributed by atoms with Crippen LogP contribution in [0.2, 0.25) is 0 Å². The lowest BCUT2D eigenvalue weighted by Crippen LogP contribution is -2.55. The van der Waals surface area contributed by atoms with Gasteiger partial charge in [0.25, 0.3) is 5.91 Å². The van der Waals surface area contributed by atoms with E-state index in [-0.39, 0.29) is 62.6 Å². The van der Waals surface area contributed by atoms with Crippen LogP contribution in [0.3, 0.4) is 0 Å². The number of hydrogen-bond donors (Lipinski definition) is 8. The highest BCUT2D eigenvalue weighted by Gasteiger charge is 2.34. The van der Waals surface area contributed by atoms with Gasteiger partial charge in [-0.1, -0.05) is 94.6 Å². The van der Waals surface area contributed by atoms with Crippen molar-refractivity contribution in [3.63, 3.8) is 0 Å². The van der Waals surface area contributed by atoms with E-state index in [0.29, 0.717) is 36.7 Å². The highest BCUT2D eigenvalue weighted by atomic mass is 16.2. The standard InChI is InChI=1S/C46H61N11O7/c1-4-6-14-34(54-45(64)40(27(3)5-2)57-44(63)37-26-52-32-15-9-10-16-33(32)53-37)38(58)25-31(24-28-18-19-29-12-7-8-13-30(29)23-28)42(61)56-36(20-21-39(47)59)43(62)55-35(41(48)60)17-11-22-51-46(49)50/h7-10,12-13,15-16,18-19,23,26-27,31,34-36,40H,4-6,11,14,17,20-22,24-25H2,1-3H3,(H2,47,59)(H2,48,60)(H,54,64)(H,55,62)(H,56,61)(H,57,63)(H4,49,50,51)/t27-,31?,34-,35-,36-,40-/m0/s1. The first kappa shape index (κ1) is 49.7.